The van der Waals surface area contributed by atoms with Crippen LogP contribution in [0.5, 0.6) is 0 Å². The number of fused-ring (bicyclic) bond motifs is 2. The van der Waals surface area contributed by atoms with Gasteiger partial charge in [-0.2, -0.15) is 0 Å². The summed E-state index contributed by atoms with van der Waals surface area (Å²) >= 11 is 0. The summed E-state index contributed by atoms with van der Waals surface area (Å²) in [6.07, 6.45) is 12.1. The van der Waals surface area contributed by atoms with Gasteiger partial charge in [-0.15, -0.1) is 6.58 Å². The number of rotatable bonds is 9. The third-order valence-corrected chi connectivity index (χ3v) is 7.84. The predicted octanol–water partition coefficient (Wildman–Crippen LogP) is 3.83. The lowest BCUT2D eigenvalue weighted by Gasteiger charge is -2.26. The fourth-order valence-corrected chi connectivity index (χ4v) is 6.27. The van der Waals surface area contributed by atoms with Crippen molar-refractivity contribution < 1.29 is 13.2 Å². The third kappa shape index (κ3) is 4.18. The van der Waals surface area contributed by atoms with Crippen molar-refractivity contribution in [2.45, 2.75) is 81.1 Å². The van der Waals surface area contributed by atoms with Gasteiger partial charge in [0.2, 0.25) is 0 Å². The summed E-state index contributed by atoms with van der Waals surface area (Å²) in [6.45, 7) is 3.71. The molecule has 0 aromatic heterocycles. The summed E-state index contributed by atoms with van der Waals surface area (Å²) in [5.41, 5.74) is 0. The molecule has 0 N–H and O–H groups in total. The Labute approximate surface area is 129 Å². The Morgan fingerprint density at radius 2 is 1.57 bits per heavy atom. The van der Waals surface area contributed by atoms with Gasteiger partial charge in [0.05, 0.1) is 10.5 Å². The van der Waals surface area contributed by atoms with E-state index in [-0.39, 0.29) is 16.4 Å². The molecule has 2 bridgehead atoms. The predicted molar refractivity (Wildman–Crippen MR) is 86.0 cm³/mol. The molecule has 0 saturated carbocycles. The maximum atomic E-state index is 12.3. The Kier molecular flexibility index (Phi) is 6.03. The number of hydrogen-bond donors (Lipinski definition) is 0. The Morgan fingerprint density at radius 1 is 1.00 bits per heavy atom. The summed E-state index contributed by atoms with van der Waals surface area (Å²) < 4.78 is 24.0. The molecule has 2 unspecified atom stereocenters. The van der Waals surface area contributed by atoms with Crippen molar-refractivity contribution in [2.24, 2.45) is 5.92 Å². The molecule has 2 heterocycles. The number of unbranched alkanes of at least 4 members (excludes halogenated alkanes) is 5. The van der Waals surface area contributed by atoms with Gasteiger partial charge >= 0.3 is 0 Å². The highest BCUT2D eigenvalue weighted by Crippen LogP contribution is 2.41. The molecule has 2 aliphatic heterocycles. The fraction of sp³-hybridized carbons (Fsp3) is 0.824. The second-order valence-corrected chi connectivity index (χ2v) is 9.15. The van der Waals surface area contributed by atoms with Crippen LogP contribution in [0.2, 0.25) is 0 Å². The monoisotopic (exact) mass is 312 g/mol. The molecule has 0 aromatic rings. The van der Waals surface area contributed by atoms with E-state index in [4.69, 9.17) is 0 Å². The van der Waals surface area contributed by atoms with Crippen LogP contribution in [0.3, 0.4) is 0 Å². The van der Waals surface area contributed by atoms with Crippen LogP contribution in [0, 0.1) is 5.92 Å². The number of carbonyl (C=O) groups excluding carboxylic acids is 1. The molecule has 2 fully saturated rings. The molecule has 120 valence electrons. The molecule has 0 radical (unpaired) electrons. The van der Waals surface area contributed by atoms with Crippen molar-refractivity contribution in [2.75, 3.05) is 0 Å². The Morgan fingerprint density at radius 3 is 2.19 bits per heavy atom. The minimum Gasteiger partial charge on any atom is -0.299 e. The zero-order chi connectivity index (χ0) is 15.3. The minimum atomic E-state index is -2.89. The summed E-state index contributed by atoms with van der Waals surface area (Å²) in [5.74, 6) is 0.333. The highest BCUT2D eigenvalue weighted by molar-refractivity contribution is 7.93. The van der Waals surface area contributed by atoms with Crippen LogP contribution in [0.15, 0.2) is 12.7 Å². The molecule has 2 saturated heterocycles. The van der Waals surface area contributed by atoms with Gasteiger partial charge in [-0.05, 0) is 44.9 Å². The number of Topliss-reactive ketones (excluding diaryl/α,β-unsaturated/α-hetero) is 1. The minimum absolute atomic E-state index is 0.0202. The molecule has 0 amide bonds. The molecule has 2 rings (SSSR count). The van der Waals surface area contributed by atoms with Crippen LogP contribution in [0.25, 0.3) is 0 Å². The molecular weight excluding hydrogens is 284 g/mol. The average molecular weight is 312 g/mol. The first kappa shape index (κ1) is 16.7. The number of allylic oxidation sites excluding steroid dienone is 1. The highest BCUT2D eigenvalue weighted by Gasteiger charge is 2.48. The molecule has 2 aliphatic rings. The first-order valence-corrected chi connectivity index (χ1v) is 10.0. The van der Waals surface area contributed by atoms with Crippen LogP contribution in [0.1, 0.15) is 70.6 Å². The SMILES string of the molecule is C=CCCCCCCCC(=O)C1CC2CCC(C1)S2(=O)=O. The first-order chi connectivity index (χ1) is 10.1. The number of hydrogen-bond acceptors (Lipinski definition) is 3. The maximum absolute atomic E-state index is 12.3. The normalized spacial score (nSPS) is 30.2. The number of ketones is 1. The zero-order valence-corrected chi connectivity index (χ0v) is 13.7. The van der Waals surface area contributed by atoms with Crippen LogP contribution in [-0.4, -0.2) is 24.7 Å². The van der Waals surface area contributed by atoms with Crippen LogP contribution in [-0.2, 0) is 14.6 Å². The van der Waals surface area contributed by atoms with Crippen molar-refractivity contribution in [3.8, 4) is 0 Å². The van der Waals surface area contributed by atoms with Crippen molar-refractivity contribution in [3.63, 3.8) is 0 Å². The second-order valence-electron chi connectivity index (χ2n) is 6.64. The van der Waals surface area contributed by atoms with Gasteiger partial charge in [0.25, 0.3) is 0 Å². The maximum Gasteiger partial charge on any atom is 0.156 e. The number of sulfone groups is 1. The van der Waals surface area contributed by atoms with Gasteiger partial charge in [0.1, 0.15) is 5.78 Å². The molecule has 21 heavy (non-hydrogen) atoms. The van der Waals surface area contributed by atoms with E-state index in [1.807, 2.05) is 6.08 Å². The Balaban J connectivity index is 1.65. The van der Waals surface area contributed by atoms with E-state index in [2.05, 4.69) is 6.58 Å². The lowest BCUT2D eigenvalue weighted by Crippen LogP contribution is -2.36. The average Bonchev–Trinajstić information content (AvgIpc) is 2.66. The third-order valence-electron chi connectivity index (χ3n) is 5.12. The summed E-state index contributed by atoms with van der Waals surface area (Å²) in [4.78, 5) is 12.3. The molecule has 0 aromatic carbocycles. The van der Waals surface area contributed by atoms with E-state index >= 15 is 0 Å². The van der Waals surface area contributed by atoms with Crippen LogP contribution >= 0.6 is 0 Å². The molecule has 2 atom stereocenters. The van der Waals surface area contributed by atoms with Gasteiger partial charge in [0.15, 0.2) is 9.84 Å². The van der Waals surface area contributed by atoms with Crippen LogP contribution < -0.4 is 0 Å². The summed E-state index contributed by atoms with van der Waals surface area (Å²) in [7, 11) is -2.89. The molecule has 0 spiro atoms. The van der Waals surface area contributed by atoms with Gasteiger partial charge in [0, 0.05) is 12.3 Å². The van der Waals surface area contributed by atoms with Gasteiger partial charge in [-0.25, -0.2) is 8.42 Å². The van der Waals surface area contributed by atoms with E-state index < -0.39 is 9.84 Å². The molecule has 4 heteroatoms. The van der Waals surface area contributed by atoms with Gasteiger partial charge < -0.3 is 0 Å². The zero-order valence-electron chi connectivity index (χ0n) is 12.9. The summed E-state index contributed by atoms with van der Waals surface area (Å²) in [6, 6.07) is 0. The summed E-state index contributed by atoms with van der Waals surface area (Å²) in [5, 5.41) is -0.437. The lowest BCUT2D eigenvalue weighted by atomic mass is 9.91. The quantitative estimate of drug-likeness (QED) is 0.480. The van der Waals surface area contributed by atoms with E-state index in [1.165, 1.54) is 19.3 Å². The first-order valence-electron chi connectivity index (χ1n) is 8.42. The fourth-order valence-electron chi connectivity index (χ4n) is 3.79. The van der Waals surface area contributed by atoms with E-state index in [1.54, 1.807) is 0 Å². The topological polar surface area (TPSA) is 51.2 Å². The standard InChI is InChI=1S/C17H28O3S/c1-2-3-4-5-6-7-8-9-17(18)14-12-15-10-11-16(13-14)21(15,19)20/h2,14-16H,1,3-13H2. The molecule has 3 nitrogen and oxygen atoms in total. The van der Waals surface area contributed by atoms with Crippen molar-refractivity contribution >= 4 is 15.6 Å². The van der Waals surface area contributed by atoms with Crippen molar-refractivity contribution in [3.05, 3.63) is 12.7 Å². The second kappa shape index (κ2) is 7.57. The lowest BCUT2D eigenvalue weighted by molar-refractivity contribution is -0.123. The van der Waals surface area contributed by atoms with E-state index in [0.29, 0.717) is 25.0 Å². The van der Waals surface area contributed by atoms with E-state index in [0.717, 1.165) is 32.1 Å². The van der Waals surface area contributed by atoms with Crippen LogP contribution in [0.4, 0.5) is 0 Å². The van der Waals surface area contributed by atoms with Gasteiger partial charge in [-0.1, -0.05) is 25.3 Å². The van der Waals surface area contributed by atoms with Gasteiger partial charge in [-0.3, -0.25) is 4.79 Å². The largest absolute Gasteiger partial charge is 0.299 e. The smallest absolute Gasteiger partial charge is 0.156 e. The van der Waals surface area contributed by atoms with Crippen molar-refractivity contribution in [1.29, 1.82) is 0 Å². The van der Waals surface area contributed by atoms with E-state index in [9.17, 15) is 13.2 Å². The molecular formula is C17H28O3S. The number of carbonyl (C=O) groups is 1. The Bertz CT molecular complexity index is 446. The molecule has 0 aliphatic carbocycles. The highest BCUT2D eigenvalue weighted by atomic mass is 32.2. The van der Waals surface area contributed by atoms with Crippen molar-refractivity contribution in [1.82, 2.24) is 0 Å². The Hall–Kier alpha value is -0.640.